The molecule has 0 spiro atoms. The largest absolute Gasteiger partial charge is 0.478 e. The van der Waals surface area contributed by atoms with Gasteiger partial charge in [0.15, 0.2) is 18.2 Å². The summed E-state index contributed by atoms with van der Waals surface area (Å²) in [5, 5.41) is 19.2. The van der Waals surface area contributed by atoms with Crippen molar-refractivity contribution in [3.05, 3.63) is 59.3 Å². The van der Waals surface area contributed by atoms with Crippen LogP contribution < -0.4 is 20.5 Å². The van der Waals surface area contributed by atoms with Crippen LogP contribution >= 0.6 is 0 Å². The minimum Gasteiger partial charge on any atom is -0.478 e. The van der Waals surface area contributed by atoms with Gasteiger partial charge in [-0.1, -0.05) is 0 Å². The monoisotopic (exact) mass is 460 g/mol. The number of nitrogens with two attached hydrogens (primary N) is 1. The Labute approximate surface area is 182 Å². The highest BCUT2D eigenvalue weighted by atomic mass is 32.2. The molecule has 0 amide bonds. The van der Waals surface area contributed by atoms with E-state index in [1.807, 2.05) is 6.07 Å². The van der Waals surface area contributed by atoms with Gasteiger partial charge < -0.3 is 15.4 Å². The van der Waals surface area contributed by atoms with Crippen molar-refractivity contribution in [1.29, 1.82) is 5.26 Å². The third kappa shape index (κ3) is 5.26. The van der Waals surface area contributed by atoms with E-state index in [1.165, 1.54) is 6.07 Å². The number of nitriles is 1. The molecule has 0 unspecified atom stereocenters. The van der Waals surface area contributed by atoms with Crippen LogP contribution in [-0.4, -0.2) is 25.0 Å². The smallest absolute Gasteiger partial charge is 0.241 e. The van der Waals surface area contributed by atoms with E-state index in [-0.39, 0.29) is 24.1 Å². The molecule has 0 saturated heterocycles. The van der Waals surface area contributed by atoms with E-state index >= 15 is 0 Å². The number of anilines is 4. The summed E-state index contributed by atoms with van der Waals surface area (Å²) in [6.07, 6.45) is 0.923. The van der Waals surface area contributed by atoms with Crippen LogP contribution in [0.25, 0.3) is 0 Å². The fourth-order valence-corrected chi connectivity index (χ4v) is 3.57. The van der Waals surface area contributed by atoms with Gasteiger partial charge in [-0.25, -0.2) is 27.3 Å². The number of halogens is 2. The van der Waals surface area contributed by atoms with E-state index in [0.717, 1.165) is 29.5 Å². The quantitative estimate of drug-likeness (QED) is 0.487. The summed E-state index contributed by atoms with van der Waals surface area (Å²) >= 11 is 0. The molecule has 3 aromatic rings. The standard InChI is InChI=1S/C20H18F2N6O3S/c1-11-7-14(8-12(2)18(11)31-6-5-23)26-19-16(22)10-25-20(28-19)27-13-3-4-15(21)17(9-13)32(24,29)30/h3-4,7-10H,6H2,1-2H3,(H2,24,29,30)(H2,25,26,27,28). The molecule has 0 aliphatic carbocycles. The molecule has 1 aromatic heterocycles. The predicted octanol–water partition coefficient (Wildman–Crippen LogP) is 3.41. The SMILES string of the molecule is Cc1cc(Nc2nc(Nc3ccc(F)c(S(N)(=O)=O)c3)ncc2F)cc(C)c1OCC#N. The number of nitrogens with zero attached hydrogens (tertiary/aromatic N) is 3. The first-order valence-corrected chi connectivity index (χ1v) is 10.6. The maximum absolute atomic E-state index is 14.3. The second kappa shape index (κ2) is 9.13. The topological polar surface area (TPSA) is 143 Å². The fourth-order valence-electron chi connectivity index (χ4n) is 2.93. The zero-order valence-corrected chi connectivity index (χ0v) is 17.8. The van der Waals surface area contributed by atoms with E-state index in [0.29, 0.717) is 11.4 Å². The van der Waals surface area contributed by atoms with Crippen LogP contribution in [0.3, 0.4) is 0 Å². The van der Waals surface area contributed by atoms with Gasteiger partial charge in [-0.05, 0) is 55.3 Å². The highest BCUT2D eigenvalue weighted by Crippen LogP contribution is 2.29. The molecule has 12 heteroatoms. The molecule has 9 nitrogen and oxygen atoms in total. The Hall–Kier alpha value is -3.82. The van der Waals surface area contributed by atoms with Crippen LogP contribution in [0.4, 0.5) is 31.9 Å². The summed E-state index contributed by atoms with van der Waals surface area (Å²) in [7, 11) is -4.28. The summed E-state index contributed by atoms with van der Waals surface area (Å²) < 4.78 is 56.4. The number of ether oxygens (including phenoxy) is 1. The van der Waals surface area contributed by atoms with Gasteiger partial charge in [0.2, 0.25) is 16.0 Å². The van der Waals surface area contributed by atoms with Gasteiger partial charge in [-0.15, -0.1) is 0 Å². The van der Waals surface area contributed by atoms with Gasteiger partial charge >= 0.3 is 0 Å². The van der Waals surface area contributed by atoms with E-state index in [4.69, 9.17) is 15.1 Å². The maximum Gasteiger partial charge on any atom is 0.241 e. The number of sulfonamides is 1. The number of rotatable bonds is 7. The average molecular weight is 460 g/mol. The Bertz CT molecular complexity index is 1300. The minimum atomic E-state index is -4.28. The molecule has 0 saturated carbocycles. The number of aryl methyl sites for hydroxylation is 2. The lowest BCUT2D eigenvalue weighted by Gasteiger charge is -2.14. The number of nitrogens with one attached hydrogen (secondary N) is 2. The summed E-state index contributed by atoms with van der Waals surface area (Å²) in [6.45, 7) is 3.47. The number of hydrogen-bond acceptors (Lipinski definition) is 8. The first kappa shape index (κ1) is 22.9. The molecule has 0 radical (unpaired) electrons. The van der Waals surface area contributed by atoms with Gasteiger partial charge in [0.25, 0.3) is 0 Å². The molecule has 1 heterocycles. The second-order valence-corrected chi connectivity index (χ2v) is 8.25. The lowest BCUT2D eigenvalue weighted by Crippen LogP contribution is -2.14. The van der Waals surface area contributed by atoms with Crippen molar-refractivity contribution in [2.24, 2.45) is 5.14 Å². The van der Waals surface area contributed by atoms with Crippen molar-refractivity contribution < 1.29 is 21.9 Å². The van der Waals surface area contributed by atoms with Crippen molar-refractivity contribution >= 4 is 33.2 Å². The normalized spacial score (nSPS) is 11.0. The van der Waals surface area contributed by atoms with Crippen LogP contribution in [0.2, 0.25) is 0 Å². The van der Waals surface area contributed by atoms with Crippen LogP contribution in [-0.2, 0) is 10.0 Å². The Morgan fingerprint density at radius 2 is 1.78 bits per heavy atom. The second-order valence-electron chi connectivity index (χ2n) is 6.72. The lowest BCUT2D eigenvalue weighted by molar-refractivity contribution is 0.363. The molecule has 3 rings (SSSR count). The summed E-state index contributed by atoms with van der Waals surface area (Å²) in [5.74, 6) is -1.40. The van der Waals surface area contributed by atoms with Crippen LogP contribution in [0.1, 0.15) is 11.1 Å². The Morgan fingerprint density at radius 3 is 2.41 bits per heavy atom. The zero-order chi connectivity index (χ0) is 23.5. The van der Waals surface area contributed by atoms with Crippen molar-refractivity contribution in [3.8, 4) is 11.8 Å². The van der Waals surface area contributed by atoms with Gasteiger partial charge in [0, 0.05) is 11.4 Å². The molecule has 166 valence electrons. The number of primary sulfonamides is 1. The molecular weight excluding hydrogens is 442 g/mol. The molecule has 0 aliphatic heterocycles. The van der Waals surface area contributed by atoms with Crippen molar-refractivity contribution in [3.63, 3.8) is 0 Å². The number of aromatic nitrogens is 2. The van der Waals surface area contributed by atoms with Crippen LogP contribution in [0.15, 0.2) is 41.4 Å². The van der Waals surface area contributed by atoms with Crippen LogP contribution in [0.5, 0.6) is 5.75 Å². The Balaban J connectivity index is 1.87. The van der Waals surface area contributed by atoms with Crippen molar-refractivity contribution in [2.75, 3.05) is 17.2 Å². The van der Waals surface area contributed by atoms with Gasteiger partial charge in [0.05, 0.1) is 6.20 Å². The maximum atomic E-state index is 14.3. The molecule has 32 heavy (non-hydrogen) atoms. The van der Waals surface area contributed by atoms with Crippen molar-refractivity contribution in [2.45, 2.75) is 18.7 Å². The first-order chi connectivity index (χ1) is 15.1. The summed E-state index contributed by atoms with van der Waals surface area (Å²) in [4.78, 5) is 7.16. The zero-order valence-electron chi connectivity index (χ0n) is 17.0. The molecule has 0 atom stereocenters. The molecule has 2 aromatic carbocycles. The fraction of sp³-hybridized carbons (Fsp3) is 0.150. The molecule has 0 aliphatic rings. The predicted molar refractivity (Wildman–Crippen MR) is 113 cm³/mol. The Morgan fingerprint density at radius 1 is 1.09 bits per heavy atom. The summed E-state index contributed by atoms with van der Waals surface area (Å²) in [5.41, 5.74) is 2.12. The third-order valence-electron chi connectivity index (χ3n) is 4.24. The highest BCUT2D eigenvalue weighted by Gasteiger charge is 2.16. The molecule has 0 fully saturated rings. The van der Waals surface area contributed by atoms with Gasteiger partial charge in [-0.2, -0.15) is 10.2 Å². The van der Waals surface area contributed by atoms with E-state index in [9.17, 15) is 17.2 Å². The van der Waals surface area contributed by atoms with E-state index in [2.05, 4.69) is 20.6 Å². The van der Waals surface area contributed by atoms with Gasteiger partial charge in [-0.3, -0.25) is 0 Å². The number of hydrogen-bond donors (Lipinski definition) is 3. The van der Waals surface area contributed by atoms with E-state index in [1.54, 1.807) is 26.0 Å². The summed E-state index contributed by atoms with van der Waals surface area (Å²) in [6, 6.07) is 8.47. The van der Waals surface area contributed by atoms with Gasteiger partial charge in [0.1, 0.15) is 22.5 Å². The lowest BCUT2D eigenvalue weighted by atomic mass is 10.1. The third-order valence-corrected chi connectivity index (χ3v) is 5.17. The molecule has 0 bridgehead atoms. The minimum absolute atomic E-state index is 0.0664. The molecular formula is C20H18F2N6O3S. The van der Waals surface area contributed by atoms with E-state index < -0.39 is 26.6 Å². The Kier molecular flexibility index (Phi) is 6.52. The highest BCUT2D eigenvalue weighted by molar-refractivity contribution is 7.89. The van der Waals surface area contributed by atoms with Crippen LogP contribution in [0, 0.1) is 36.8 Å². The van der Waals surface area contributed by atoms with Crippen molar-refractivity contribution in [1.82, 2.24) is 9.97 Å². The molecule has 4 N–H and O–H groups in total. The average Bonchev–Trinajstić information content (AvgIpc) is 2.70. The first-order valence-electron chi connectivity index (χ1n) is 9.08. The number of benzene rings is 2.